The number of hydrogen-bond acceptors (Lipinski definition) is 6. The van der Waals surface area contributed by atoms with Crippen LogP contribution in [0.2, 0.25) is 0 Å². The van der Waals surface area contributed by atoms with Gasteiger partial charge in [-0.2, -0.15) is 0 Å². The van der Waals surface area contributed by atoms with Crippen LogP contribution in [-0.2, 0) is 18.9 Å². The fourth-order valence-electron chi connectivity index (χ4n) is 2.75. The van der Waals surface area contributed by atoms with Crippen molar-refractivity contribution >= 4 is 0 Å². The second-order valence-corrected chi connectivity index (χ2v) is 7.03. The van der Waals surface area contributed by atoms with E-state index in [4.69, 9.17) is 18.9 Å². The number of aliphatic hydroxyl groups excluding tert-OH is 2. The number of ether oxygens (including phenoxy) is 4. The van der Waals surface area contributed by atoms with E-state index in [1.165, 1.54) is 0 Å². The van der Waals surface area contributed by atoms with Gasteiger partial charge in [-0.3, -0.25) is 0 Å². The standard InChI is InChI=1S/C16H28O6/c1-10(6-11(17)13-8-19-15(2,3)21-13)7-12(18)14-9-20-16(4,5)22-14/h11-14,17-18H,1,6-9H2,2-5H3/t11-,12-,13+,14+/m1/s1. The van der Waals surface area contributed by atoms with E-state index in [9.17, 15) is 10.2 Å². The molecule has 2 fully saturated rings. The number of aliphatic hydroxyl groups is 2. The van der Waals surface area contributed by atoms with Gasteiger partial charge in [0.25, 0.3) is 0 Å². The predicted octanol–water partition coefficient (Wildman–Crippen LogP) is 1.35. The van der Waals surface area contributed by atoms with Gasteiger partial charge in [0.1, 0.15) is 12.2 Å². The largest absolute Gasteiger partial charge is 0.390 e. The van der Waals surface area contributed by atoms with Crippen molar-refractivity contribution in [2.24, 2.45) is 0 Å². The molecule has 6 heteroatoms. The second-order valence-electron chi connectivity index (χ2n) is 7.03. The van der Waals surface area contributed by atoms with E-state index in [2.05, 4.69) is 6.58 Å². The molecule has 2 aliphatic heterocycles. The molecule has 128 valence electrons. The Hall–Kier alpha value is -0.500. The summed E-state index contributed by atoms with van der Waals surface area (Å²) in [6.45, 7) is 11.9. The van der Waals surface area contributed by atoms with Gasteiger partial charge in [-0.05, 0) is 40.5 Å². The Morgan fingerprint density at radius 2 is 1.32 bits per heavy atom. The zero-order chi connectivity index (χ0) is 16.5. The Kier molecular flexibility index (Phi) is 5.31. The topological polar surface area (TPSA) is 77.4 Å². The van der Waals surface area contributed by atoms with Crippen LogP contribution in [0.1, 0.15) is 40.5 Å². The highest BCUT2D eigenvalue weighted by molar-refractivity contribution is 5.01. The molecule has 0 spiro atoms. The lowest BCUT2D eigenvalue weighted by Gasteiger charge is -2.23. The van der Waals surface area contributed by atoms with Crippen molar-refractivity contribution < 1.29 is 29.2 Å². The molecule has 0 aromatic heterocycles. The molecule has 2 aliphatic rings. The van der Waals surface area contributed by atoms with E-state index in [0.717, 1.165) is 5.57 Å². The zero-order valence-corrected chi connectivity index (χ0v) is 13.9. The highest BCUT2D eigenvalue weighted by atomic mass is 16.8. The molecule has 0 amide bonds. The lowest BCUT2D eigenvalue weighted by atomic mass is 9.98. The molecule has 2 rings (SSSR count). The molecule has 0 aromatic rings. The SMILES string of the molecule is C=C(C[C@@H](O)[C@@H]1COC(C)(C)O1)C[C@@H](O)[C@@H]1COC(C)(C)O1. The highest BCUT2D eigenvalue weighted by Gasteiger charge is 2.38. The van der Waals surface area contributed by atoms with Gasteiger partial charge in [0, 0.05) is 0 Å². The first kappa shape index (κ1) is 17.8. The molecular weight excluding hydrogens is 288 g/mol. The molecule has 0 saturated carbocycles. The molecule has 0 bridgehead atoms. The Morgan fingerprint density at radius 1 is 0.955 bits per heavy atom. The summed E-state index contributed by atoms with van der Waals surface area (Å²) in [5, 5.41) is 20.4. The Labute approximate surface area is 132 Å². The van der Waals surface area contributed by atoms with E-state index in [-0.39, 0.29) is 12.2 Å². The summed E-state index contributed by atoms with van der Waals surface area (Å²) in [7, 11) is 0. The third-order valence-corrected chi connectivity index (χ3v) is 3.91. The average molecular weight is 316 g/mol. The Balaban J connectivity index is 1.76. The van der Waals surface area contributed by atoms with Crippen LogP contribution in [-0.4, -0.2) is 59.4 Å². The van der Waals surface area contributed by atoms with E-state index in [1.54, 1.807) is 0 Å². The third kappa shape index (κ3) is 4.75. The maximum atomic E-state index is 10.2. The van der Waals surface area contributed by atoms with Gasteiger partial charge in [0.15, 0.2) is 11.6 Å². The molecule has 0 aromatic carbocycles. The van der Waals surface area contributed by atoms with Gasteiger partial charge in [-0.15, -0.1) is 0 Å². The minimum absolute atomic E-state index is 0.359. The first-order valence-electron chi connectivity index (χ1n) is 7.74. The Morgan fingerprint density at radius 3 is 1.59 bits per heavy atom. The van der Waals surface area contributed by atoms with Gasteiger partial charge in [0.2, 0.25) is 0 Å². The molecule has 2 heterocycles. The van der Waals surface area contributed by atoms with Crippen molar-refractivity contribution in [3.8, 4) is 0 Å². The van der Waals surface area contributed by atoms with Crippen molar-refractivity contribution in [1.82, 2.24) is 0 Å². The molecule has 22 heavy (non-hydrogen) atoms. The maximum Gasteiger partial charge on any atom is 0.163 e. The summed E-state index contributed by atoms with van der Waals surface area (Å²) in [4.78, 5) is 0. The average Bonchev–Trinajstić information content (AvgIpc) is 2.91. The van der Waals surface area contributed by atoms with Crippen LogP contribution in [0.5, 0.6) is 0 Å². The van der Waals surface area contributed by atoms with E-state index < -0.39 is 23.8 Å². The van der Waals surface area contributed by atoms with Crippen LogP contribution in [0, 0.1) is 0 Å². The molecule has 2 saturated heterocycles. The second kappa shape index (κ2) is 6.55. The molecular formula is C16H28O6. The maximum absolute atomic E-state index is 10.2. The van der Waals surface area contributed by atoms with Crippen molar-refractivity contribution in [3.05, 3.63) is 12.2 Å². The minimum Gasteiger partial charge on any atom is -0.390 e. The summed E-state index contributed by atoms with van der Waals surface area (Å²) in [6, 6.07) is 0. The first-order chi connectivity index (χ1) is 10.1. The van der Waals surface area contributed by atoms with Crippen molar-refractivity contribution in [1.29, 1.82) is 0 Å². The van der Waals surface area contributed by atoms with E-state index >= 15 is 0 Å². The lowest BCUT2D eigenvalue weighted by Crippen LogP contribution is -2.33. The van der Waals surface area contributed by atoms with Gasteiger partial charge >= 0.3 is 0 Å². The zero-order valence-electron chi connectivity index (χ0n) is 13.9. The summed E-state index contributed by atoms with van der Waals surface area (Å²) in [5.41, 5.74) is 0.751. The predicted molar refractivity (Wildman–Crippen MR) is 80.2 cm³/mol. The first-order valence-corrected chi connectivity index (χ1v) is 7.74. The smallest absolute Gasteiger partial charge is 0.163 e. The Bertz CT molecular complexity index is 369. The lowest BCUT2D eigenvalue weighted by molar-refractivity contribution is -0.151. The quantitative estimate of drug-likeness (QED) is 0.720. The van der Waals surface area contributed by atoms with Crippen LogP contribution in [0.3, 0.4) is 0 Å². The summed E-state index contributed by atoms with van der Waals surface area (Å²) >= 11 is 0. The molecule has 2 N–H and O–H groups in total. The van der Waals surface area contributed by atoms with Crippen molar-refractivity contribution in [3.63, 3.8) is 0 Å². The summed E-state index contributed by atoms with van der Waals surface area (Å²) in [6.07, 6.45) is -1.41. The van der Waals surface area contributed by atoms with Gasteiger partial charge in [-0.1, -0.05) is 12.2 Å². The summed E-state index contributed by atoms with van der Waals surface area (Å²) < 4.78 is 22.1. The fourth-order valence-corrected chi connectivity index (χ4v) is 2.75. The van der Waals surface area contributed by atoms with E-state index in [1.807, 2.05) is 27.7 Å². The van der Waals surface area contributed by atoms with Crippen LogP contribution >= 0.6 is 0 Å². The van der Waals surface area contributed by atoms with Gasteiger partial charge < -0.3 is 29.2 Å². The molecule has 6 nitrogen and oxygen atoms in total. The highest BCUT2D eigenvalue weighted by Crippen LogP contribution is 2.29. The van der Waals surface area contributed by atoms with Crippen molar-refractivity contribution in [2.75, 3.05) is 13.2 Å². The van der Waals surface area contributed by atoms with Crippen LogP contribution in [0.15, 0.2) is 12.2 Å². The fraction of sp³-hybridized carbons (Fsp3) is 0.875. The van der Waals surface area contributed by atoms with Crippen molar-refractivity contribution in [2.45, 2.75) is 76.5 Å². The van der Waals surface area contributed by atoms with Crippen LogP contribution in [0.4, 0.5) is 0 Å². The van der Waals surface area contributed by atoms with E-state index in [0.29, 0.717) is 26.1 Å². The van der Waals surface area contributed by atoms with Gasteiger partial charge in [0.05, 0.1) is 25.4 Å². The molecule has 0 radical (unpaired) electrons. The monoisotopic (exact) mass is 316 g/mol. The number of hydrogen-bond donors (Lipinski definition) is 2. The van der Waals surface area contributed by atoms with Gasteiger partial charge in [-0.25, -0.2) is 0 Å². The third-order valence-electron chi connectivity index (χ3n) is 3.91. The normalized spacial score (nSPS) is 32.8. The molecule has 4 atom stereocenters. The van der Waals surface area contributed by atoms with Crippen LogP contribution < -0.4 is 0 Å². The molecule has 0 aliphatic carbocycles. The van der Waals surface area contributed by atoms with Crippen LogP contribution in [0.25, 0.3) is 0 Å². The molecule has 0 unspecified atom stereocenters. The number of rotatable bonds is 6. The minimum atomic E-state index is -0.696. The summed E-state index contributed by atoms with van der Waals surface area (Å²) in [5.74, 6) is -1.32.